The number of nitro benzene ring substituents is 1. The fourth-order valence-electron chi connectivity index (χ4n) is 3.71. The van der Waals surface area contributed by atoms with Crippen molar-refractivity contribution in [3.8, 4) is 0 Å². The Balaban J connectivity index is 2.02. The van der Waals surface area contributed by atoms with Crippen LogP contribution in [0.25, 0.3) is 6.08 Å². The summed E-state index contributed by atoms with van der Waals surface area (Å²) in [5.41, 5.74) is 0.0167. The largest absolute Gasteiger partial charge is 0.478 e. The predicted octanol–water partition coefficient (Wildman–Crippen LogP) is 2.91. The van der Waals surface area contributed by atoms with Gasteiger partial charge in [-0.05, 0) is 31.0 Å². The second kappa shape index (κ2) is 8.39. The molecule has 2 aromatic heterocycles. The van der Waals surface area contributed by atoms with E-state index in [0.717, 1.165) is 11.3 Å². The van der Waals surface area contributed by atoms with Gasteiger partial charge in [-0.15, -0.1) is 0 Å². The summed E-state index contributed by atoms with van der Waals surface area (Å²) in [6, 6.07) is 8.16. The quantitative estimate of drug-likeness (QED) is 0.451. The van der Waals surface area contributed by atoms with E-state index < -0.39 is 22.5 Å². The molecule has 0 bridgehead atoms. The minimum absolute atomic E-state index is 0.0554. The van der Waals surface area contributed by atoms with Crippen molar-refractivity contribution in [1.82, 2.24) is 4.57 Å². The van der Waals surface area contributed by atoms with E-state index in [1.165, 1.54) is 22.8 Å². The molecular weight excluding hydrogens is 434 g/mol. The molecule has 0 radical (unpaired) electrons. The van der Waals surface area contributed by atoms with Crippen molar-refractivity contribution >= 4 is 29.1 Å². The highest BCUT2D eigenvalue weighted by atomic mass is 32.1. The average Bonchev–Trinajstić information content (AvgIpc) is 3.30. The smallest absolute Gasteiger partial charge is 0.335 e. The fraction of sp³-hybridized carbons (Fsp3) is 0.227. The zero-order valence-corrected chi connectivity index (χ0v) is 18.1. The van der Waals surface area contributed by atoms with Crippen molar-refractivity contribution in [2.45, 2.75) is 32.7 Å². The number of carbonyl (C=O) groups is 1. The molecule has 32 heavy (non-hydrogen) atoms. The number of rotatable bonds is 6. The Hall–Kier alpha value is -3.79. The van der Waals surface area contributed by atoms with Crippen molar-refractivity contribution in [1.29, 1.82) is 0 Å². The number of hydrogen-bond donors (Lipinski definition) is 1. The van der Waals surface area contributed by atoms with E-state index in [4.69, 9.17) is 4.42 Å². The first kappa shape index (κ1) is 21.4. The Bertz CT molecular complexity index is 1440. The summed E-state index contributed by atoms with van der Waals surface area (Å²) in [5, 5.41) is 21.3. The molecule has 0 saturated heterocycles. The van der Waals surface area contributed by atoms with Crippen molar-refractivity contribution in [2.24, 2.45) is 4.99 Å². The van der Waals surface area contributed by atoms with Gasteiger partial charge >= 0.3 is 5.97 Å². The van der Waals surface area contributed by atoms with Crippen molar-refractivity contribution in [2.75, 3.05) is 0 Å². The van der Waals surface area contributed by atoms with Crippen LogP contribution in [0.5, 0.6) is 0 Å². The lowest BCUT2D eigenvalue weighted by Crippen LogP contribution is -2.39. The molecule has 1 aliphatic rings. The first-order valence-corrected chi connectivity index (χ1v) is 10.7. The number of furan rings is 1. The van der Waals surface area contributed by atoms with E-state index in [2.05, 4.69) is 4.99 Å². The van der Waals surface area contributed by atoms with Gasteiger partial charge in [0.25, 0.3) is 11.2 Å². The first-order chi connectivity index (χ1) is 15.3. The van der Waals surface area contributed by atoms with Gasteiger partial charge in [-0.1, -0.05) is 36.8 Å². The minimum Gasteiger partial charge on any atom is -0.478 e. The van der Waals surface area contributed by atoms with Gasteiger partial charge in [-0.25, -0.2) is 9.79 Å². The molecule has 164 valence electrons. The molecule has 0 aliphatic carbocycles. The standard InChI is InChI=1S/C22H19N3O6S/c1-3-5-16-18(21(27)28)19(13-6-4-7-14(10-13)25(29)30)24-20(26)17(32-22(24)23-16)11-15-9-8-12(2)31-15/h4,6-11,19H,3,5H2,1-2H3,(H,27,28). The Morgan fingerprint density at radius 2 is 2.16 bits per heavy atom. The van der Waals surface area contributed by atoms with Gasteiger partial charge in [0.05, 0.1) is 26.8 Å². The number of carboxylic acid groups (broad SMARTS) is 1. The van der Waals surface area contributed by atoms with Crippen LogP contribution < -0.4 is 14.9 Å². The number of thiazole rings is 1. The Labute approximate surface area is 185 Å². The van der Waals surface area contributed by atoms with Crippen molar-refractivity contribution in [3.63, 3.8) is 0 Å². The van der Waals surface area contributed by atoms with E-state index >= 15 is 0 Å². The number of hydrogen-bond acceptors (Lipinski definition) is 7. The molecule has 10 heteroatoms. The zero-order valence-electron chi connectivity index (χ0n) is 17.3. The zero-order chi connectivity index (χ0) is 23.0. The summed E-state index contributed by atoms with van der Waals surface area (Å²) in [7, 11) is 0. The predicted molar refractivity (Wildman–Crippen MR) is 117 cm³/mol. The lowest BCUT2D eigenvalue weighted by Gasteiger charge is -2.24. The van der Waals surface area contributed by atoms with E-state index in [9.17, 15) is 24.8 Å². The van der Waals surface area contributed by atoms with E-state index in [1.54, 1.807) is 31.2 Å². The minimum atomic E-state index is -1.22. The molecule has 4 rings (SSSR count). The molecule has 1 N–H and O–H groups in total. The molecule has 1 aromatic carbocycles. The summed E-state index contributed by atoms with van der Waals surface area (Å²) in [4.78, 5) is 41.2. The number of aryl methyl sites for hydroxylation is 1. The molecule has 3 heterocycles. The molecule has 9 nitrogen and oxygen atoms in total. The number of aliphatic carboxylic acids is 1. The number of carboxylic acids is 1. The van der Waals surface area contributed by atoms with Gasteiger partial charge in [0.15, 0.2) is 4.80 Å². The van der Waals surface area contributed by atoms with Gasteiger partial charge < -0.3 is 9.52 Å². The van der Waals surface area contributed by atoms with Gasteiger partial charge in [-0.2, -0.15) is 0 Å². The van der Waals surface area contributed by atoms with Crippen LogP contribution in [-0.4, -0.2) is 20.6 Å². The fourth-order valence-corrected chi connectivity index (χ4v) is 4.71. The highest BCUT2D eigenvalue weighted by Crippen LogP contribution is 2.33. The van der Waals surface area contributed by atoms with E-state index in [1.807, 2.05) is 6.92 Å². The average molecular weight is 453 g/mol. The topological polar surface area (TPSA) is 128 Å². The number of allylic oxidation sites excluding steroid dienone is 1. The van der Waals surface area contributed by atoms with Gasteiger partial charge in [0.2, 0.25) is 0 Å². The van der Waals surface area contributed by atoms with Crippen molar-refractivity contribution in [3.05, 3.63) is 94.6 Å². The summed E-state index contributed by atoms with van der Waals surface area (Å²) < 4.78 is 7.17. The molecule has 1 aliphatic heterocycles. The third-order valence-electron chi connectivity index (χ3n) is 5.06. The number of nitro groups is 1. The van der Waals surface area contributed by atoms with Gasteiger partial charge in [-0.3, -0.25) is 19.5 Å². The number of aromatic nitrogens is 1. The van der Waals surface area contributed by atoms with Crippen LogP contribution in [0.3, 0.4) is 0 Å². The second-order valence-electron chi connectivity index (χ2n) is 7.30. The number of fused-ring (bicyclic) bond motifs is 1. The molecule has 1 unspecified atom stereocenters. The lowest BCUT2D eigenvalue weighted by molar-refractivity contribution is -0.384. The van der Waals surface area contributed by atoms with Crippen LogP contribution in [0, 0.1) is 17.0 Å². The highest BCUT2D eigenvalue weighted by Gasteiger charge is 2.34. The molecule has 0 fully saturated rings. The summed E-state index contributed by atoms with van der Waals surface area (Å²) in [6.07, 6.45) is 2.64. The summed E-state index contributed by atoms with van der Waals surface area (Å²) in [6.45, 7) is 3.69. The lowest BCUT2D eigenvalue weighted by atomic mass is 9.94. The maximum atomic E-state index is 13.4. The van der Waals surface area contributed by atoms with Crippen molar-refractivity contribution < 1.29 is 19.2 Å². The molecule has 3 aromatic rings. The third kappa shape index (κ3) is 3.80. The Morgan fingerprint density at radius 1 is 1.38 bits per heavy atom. The second-order valence-corrected chi connectivity index (χ2v) is 8.31. The molecule has 0 saturated carbocycles. The monoisotopic (exact) mass is 453 g/mol. The number of non-ortho nitro benzene ring substituents is 1. The number of benzene rings is 1. The summed E-state index contributed by atoms with van der Waals surface area (Å²) in [5.74, 6) is -0.0348. The maximum absolute atomic E-state index is 13.4. The van der Waals surface area contributed by atoms with Crippen LogP contribution >= 0.6 is 11.3 Å². The van der Waals surface area contributed by atoms with E-state index in [0.29, 0.717) is 45.0 Å². The normalized spacial score (nSPS) is 16.1. The molecule has 0 amide bonds. The molecule has 1 atom stereocenters. The van der Waals surface area contributed by atoms with Crippen LogP contribution in [0.2, 0.25) is 0 Å². The van der Waals surface area contributed by atoms with Crippen LogP contribution in [0.1, 0.15) is 42.9 Å². The summed E-state index contributed by atoms with van der Waals surface area (Å²) >= 11 is 1.13. The van der Waals surface area contributed by atoms with Crippen LogP contribution in [-0.2, 0) is 4.79 Å². The third-order valence-corrected chi connectivity index (χ3v) is 6.04. The molecular formula is C22H19N3O6S. The first-order valence-electron chi connectivity index (χ1n) is 9.89. The maximum Gasteiger partial charge on any atom is 0.335 e. The molecule has 0 spiro atoms. The SMILES string of the molecule is CCCC1=C(C(=O)O)C(c2cccc([N+](=O)[O-])c2)n2c(sc(=Cc3ccc(C)o3)c2=O)=N1. The van der Waals surface area contributed by atoms with Crippen LogP contribution in [0.15, 0.2) is 61.9 Å². The Morgan fingerprint density at radius 3 is 2.78 bits per heavy atom. The van der Waals surface area contributed by atoms with Crippen LogP contribution in [0.4, 0.5) is 5.69 Å². The van der Waals surface area contributed by atoms with E-state index in [-0.39, 0.29) is 11.3 Å². The highest BCUT2D eigenvalue weighted by molar-refractivity contribution is 7.07. The number of nitrogens with zero attached hydrogens (tertiary/aromatic N) is 3. The Kier molecular flexibility index (Phi) is 5.62. The van der Waals surface area contributed by atoms with Gasteiger partial charge in [0.1, 0.15) is 11.5 Å². The van der Waals surface area contributed by atoms with Gasteiger partial charge in [0, 0.05) is 18.2 Å².